The summed E-state index contributed by atoms with van der Waals surface area (Å²) in [5.74, 6) is -0.302. The molecule has 0 bridgehead atoms. The number of hydrazone groups is 1. The Morgan fingerprint density at radius 1 is 1.27 bits per heavy atom. The van der Waals surface area contributed by atoms with Crippen molar-refractivity contribution in [3.05, 3.63) is 70.0 Å². The van der Waals surface area contributed by atoms with Crippen molar-refractivity contribution in [1.82, 2.24) is 10.4 Å². The molecule has 1 amide bonds. The highest BCUT2D eigenvalue weighted by molar-refractivity contribution is 5.97. The van der Waals surface area contributed by atoms with Crippen molar-refractivity contribution in [2.45, 2.75) is 13.3 Å². The van der Waals surface area contributed by atoms with Crippen LogP contribution < -0.4 is 5.43 Å². The van der Waals surface area contributed by atoms with Crippen LogP contribution in [0.5, 0.6) is 0 Å². The van der Waals surface area contributed by atoms with Gasteiger partial charge in [0.25, 0.3) is 5.69 Å². The van der Waals surface area contributed by atoms with E-state index in [0.717, 1.165) is 0 Å². The summed E-state index contributed by atoms with van der Waals surface area (Å²) in [5.41, 5.74) is 4.38. The molecule has 0 saturated heterocycles. The zero-order valence-electron chi connectivity index (χ0n) is 11.9. The summed E-state index contributed by atoms with van der Waals surface area (Å²) in [6, 6.07) is 11.3. The van der Waals surface area contributed by atoms with Crippen molar-refractivity contribution >= 4 is 17.3 Å². The smallest absolute Gasteiger partial charge is 0.269 e. The highest BCUT2D eigenvalue weighted by Crippen LogP contribution is 2.12. The predicted molar refractivity (Wildman–Crippen MR) is 81.4 cm³/mol. The maximum absolute atomic E-state index is 11.8. The summed E-state index contributed by atoms with van der Waals surface area (Å²) in [6.45, 7) is 1.74. The highest BCUT2D eigenvalue weighted by Gasteiger charge is 2.07. The molecule has 7 nitrogen and oxygen atoms in total. The van der Waals surface area contributed by atoms with Crippen molar-refractivity contribution in [2.24, 2.45) is 5.10 Å². The number of carbonyl (C=O) groups excluding carboxylic acids is 1. The van der Waals surface area contributed by atoms with Crippen molar-refractivity contribution in [1.29, 1.82) is 0 Å². The van der Waals surface area contributed by atoms with Gasteiger partial charge in [-0.25, -0.2) is 5.43 Å². The van der Waals surface area contributed by atoms with Crippen molar-refractivity contribution in [3.63, 3.8) is 0 Å². The molecule has 0 unspecified atom stereocenters. The molecule has 0 fully saturated rings. The molecule has 2 rings (SSSR count). The monoisotopic (exact) mass is 298 g/mol. The summed E-state index contributed by atoms with van der Waals surface area (Å²) in [5, 5.41) is 14.5. The number of rotatable bonds is 5. The summed E-state index contributed by atoms with van der Waals surface area (Å²) < 4.78 is 0. The van der Waals surface area contributed by atoms with Gasteiger partial charge in [0.2, 0.25) is 5.91 Å². The van der Waals surface area contributed by atoms with E-state index >= 15 is 0 Å². The van der Waals surface area contributed by atoms with Crippen LogP contribution >= 0.6 is 0 Å². The van der Waals surface area contributed by atoms with E-state index < -0.39 is 4.92 Å². The van der Waals surface area contributed by atoms with Crippen LogP contribution in [0.1, 0.15) is 18.2 Å². The van der Waals surface area contributed by atoms with Crippen LogP contribution in [0, 0.1) is 10.1 Å². The van der Waals surface area contributed by atoms with E-state index in [1.807, 2.05) is 6.07 Å². The van der Waals surface area contributed by atoms with Gasteiger partial charge in [-0.15, -0.1) is 0 Å². The fourth-order valence-electron chi connectivity index (χ4n) is 1.74. The lowest BCUT2D eigenvalue weighted by Gasteiger charge is -2.02. The Balaban J connectivity index is 1.94. The molecule has 1 aromatic heterocycles. The number of aromatic nitrogens is 1. The molecule has 0 aliphatic heterocycles. The summed E-state index contributed by atoms with van der Waals surface area (Å²) in [7, 11) is 0. The molecule has 112 valence electrons. The van der Waals surface area contributed by atoms with Crippen molar-refractivity contribution in [2.75, 3.05) is 0 Å². The van der Waals surface area contributed by atoms with Crippen LogP contribution in [0.25, 0.3) is 0 Å². The SMILES string of the molecule is C/C(=N/NC(=O)Cc1ccc([N+](=O)[O-])cc1)c1ccccn1. The minimum Gasteiger partial charge on any atom is -0.273 e. The number of nitrogens with zero attached hydrogens (tertiary/aromatic N) is 3. The quantitative estimate of drug-likeness (QED) is 0.519. The maximum atomic E-state index is 11.8. The van der Waals surface area contributed by atoms with Crippen LogP contribution in [-0.4, -0.2) is 21.5 Å². The molecule has 0 aliphatic carbocycles. The van der Waals surface area contributed by atoms with Crippen LogP contribution in [-0.2, 0) is 11.2 Å². The molecule has 0 radical (unpaired) electrons. The minimum atomic E-state index is -0.482. The van der Waals surface area contributed by atoms with E-state index in [-0.39, 0.29) is 18.0 Å². The normalized spacial score (nSPS) is 11.0. The molecule has 1 heterocycles. The zero-order valence-corrected chi connectivity index (χ0v) is 11.9. The van der Waals surface area contributed by atoms with Crippen LogP contribution in [0.15, 0.2) is 53.8 Å². The maximum Gasteiger partial charge on any atom is 0.269 e. The topological polar surface area (TPSA) is 97.5 Å². The molecule has 1 aromatic carbocycles. The molecular weight excluding hydrogens is 284 g/mol. The number of hydrogen-bond acceptors (Lipinski definition) is 5. The first-order valence-electron chi connectivity index (χ1n) is 6.54. The van der Waals surface area contributed by atoms with E-state index in [4.69, 9.17) is 0 Å². The van der Waals surface area contributed by atoms with Crippen LogP contribution in [0.2, 0.25) is 0 Å². The molecule has 1 N–H and O–H groups in total. The second-order valence-electron chi connectivity index (χ2n) is 4.55. The number of amides is 1. The van der Waals surface area contributed by atoms with Crippen LogP contribution in [0.4, 0.5) is 5.69 Å². The lowest BCUT2D eigenvalue weighted by molar-refractivity contribution is -0.384. The first-order valence-corrected chi connectivity index (χ1v) is 6.54. The van der Waals surface area contributed by atoms with Gasteiger partial charge >= 0.3 is 0 Å². The molecule has 2 aromatic rings. The Kier molecular flexibility index (Phi) is 4.92. The van der Waals surface area contributed by atoms with Gasteiger partial charge in [-0.3, -0.25) is 19.9 Å². The Morgan fingerprint density at radius 3 is 2.59 bits per heavy atom. The second kappa shape index (κ2) is 7.07. The van der Waals surface area contributed by atoms with E-state index in [2.05, 4.69) is 15.5 Å². The number of carbonyl (C=O) groups is 1. The van der Waals surface area contributed by atoms with Gasteiger partial charge in [0.15, 0.2) is 0 Å². The second-order valence-corrected chi connectivity index (χ2v) is 4.55. The van der Waals surface area contributed by atoms with Gasteiger partial charge in [-0.05, 0) is 24.6 Å². The molecule has 0 aliphatic rings. The molecule has 0 spiro atoms. The number of nitrogens with one attached hydrogen (secondary N) is 1. The number of benzene rings is 1. The molecule has 0 atom stereocenters. The number of hydrogen-bond donors (Lipinski definition) is 1. The van der Waals surface area contributed by atoms with Crippen LogP contribution in [0.3, 0.4) is 0 Å². The third kappa shape index (κ3) is 4.20. The Labute approximate surface area is 126 Å². The largest absolute Gasteiger partial charge is 0.273 e. The van der Waals surface area contributed by atoms with E-state index in [1.165, 1.54) is 12.1 Å². The minimum absolute atomic E-state index is 0.00632. The average molecular weight is 298 g/mol. The van der Waals surface area contributed by atoms with Crippen molar-refractivity contribution < 1.29 is 9.72 Å². The Morgan fingerprint density at radius 2 is 2.00 bits per heavy atom. The third-order valence-electron chi connectivity index (χ3n) is 2.90. The number of non-ortho nitro benzene ring substituents is 1. The van der Waals surface area contributed by atoms with Gasteiger partial charge < -0.3 is 0 Å². The van der Waals surface area contributed by atoms with Gasteiger partial charge in [-0.1, -0.05) is 18.2 Å². The van der Waals surface area contributed by atoms with Gasteiger partial charge in [0.1, 0.15) is 0 Å². The molecular formula is C15H14N4O3. The van der Waals surface area contributed by atoms with E-state index in [0.29, 0.717) is 17.0 Å². The standard InChI is InChI=1S/C15H14N4O3/c1-11(14-4-2-3-9-16-14)17-18-15(20)10-12-5-7-13(8-6-12)19(21)22/h2-9H,10H2,1H3,(H,18,20)/b17-11-. The first-order chi connectivity index (χ1) is 10.6. The lowest BCUT2D eigenvalue weighted by atomic mass is 10.1. The van der Waals surface area contributed by atoms with E-state index in [9.17, 15) is 14.9 Å². The number of pyridine rings is 1. The fourth-order valence-corrected chi connectivity index (χ4v) is 1.74. The van der Waals surface area contributed by atoms with Gasteiger partial charge in [0.05, 0.1) is 22.7 Å². The number of nitro benzene ring substituents is 1. The summed E-state index contributed by atoms with van der Waals surface area (Å²) in [4.78, 5) is 26.0. The average Bonchev–Trinajstić information content (AvgIpc) is 2.54. The lowest BCUT2D eigenvalue weighted by Crippen LogP contribution is -2.21. The van der Waals surface area contributed by atoms with Gasteiger partial charge in [0, 0.05) is 18.3 Å². The third-order valence-corrected chi connectivity index (χ3v) is 2.90. The predicted octanol–water partition coefficient (Wildman–Crippen LogP) is 2.07. The molecule has 22 heavy (non-hydrogen) atoms. The Bertz CT molecular complexity index is 696. The van der Waals surface area contributed by atoms with E-state index in [1.54, 1.807) is 37.4 Å². The first kappa shape index (κ1) is 15.3. The summed E-state index contributed by atoms with van der Waals surface area (Å²) in [6.07, 6.45) is 1.74. The Hall–Kier alpha value is -3.09. The number of nitro groups is 1. The zero-order chi connectivity index (χ0) is 15.9. The van der Waals surface area contributed by atoms with Gasteiger partial charge in [-0.2, -0.15) is 5.10 Å². The van der Waals surface area contributed by atoms with Crippen molar-refractivity contribution in [3.8, 4) is 0 Å². The summed E-state index contributed by atoms with van der Waals surface area (Å²) >= 11 is 0. The molecule has 7 heteroatoms. The highest BCUT2D eigenvalue weighted by atomic mass is 16.6. The molecule has 0 saturated carbocycles. The fraction of sp³-hybridized carbons (Fsp3) is 0.133.